The lowest BCUT2D eigenvalue weighted by Crippen LogP contribution is -1.94. The second kappa shape index (κ2) is 11.5. The Morgan fingerprint density at radius 1 is 1.13 bits per heavy atom. The van der Waals surface area contributed by atoms with E-state index in [0.717, 1.165) is 6.42 Å². The highest BCUT2D eigenvalue weighted by atomic mass is 16.1. The molecule has 1 atom stereocenters. The van der Waals surface area contributed by atoms with Gasteiger partial charge >= 0.3 is 0 Å². The van der Waals surface area contributed by atoms with E-state index >= 15 is 0 Å². The van der Waals surface area contributed by atoms with Gasteiger partial charge in [0.25, 0.3) is 0 Å². The first-order valence-electron chi connectivity index (χ1n) is 6.31. The highest BCUT2D eigenvalue weighted by Crippen LogP contribution is 2.14. The molecule has 1 heteroatoms. The third-order valence-electron chi connectivity index (χ3n) is 2.68. The SMILES string of the molecule is CCCC=CCCCCC(C)CC[C]=O. The van der Waals surface area contributed by atoms with E-state index in [1.807, 2.05) is 6.29 Å². The first-order valence-corrected chi connectivity index (χ1v) is 6.31. The molecular weight excluding hydrogens is 184 g/mol. The Bertz CT molecular complexity index is 161. The van der Waals surface area contributed by atoms with Gasteiger partial charge in [-0.15, -0.1) is 0 Å². The quantitative estimate of drug-likeness (QED) is 0.384. The number of allylic oxidation sites excluding steroid dienone is 2. The van der Waals surface area contributed by atoms with Gasteiger partial charge in [-0.2, -0.15) is 0 Å². The lowest BCUT2D eigenvalue weighted by molar-refractivity contribution is 0.465. The Morgan fingerprint density at radius 2 is 1.87 bits per heavy atom. The third kappa shape index (κ3) is 11.3. The molecule has 1 unspecified atom stereocenters. The molecule has 0 bridgehead atoms. The molecule has 0 amide bonds. The monoisotopic (exact) mass is 209 g/mol. The summed E-state index contributed by atoms with van der Waals surface area (Å²) in [5.74, 6) is 0.686. The zero-order chi connectivity index (χ0) is 11.4. The van der Waals surface area contributed by atoms with Crippen molar-refractivity contribution in [1.29, 1.82) is 0 Å². The molecule has 0 aliphatic carbocycles. The average Bonchev–Trinajstić information content (AvgIpc) is 2.25. The van der Waals surface area contributed by atoms with Crippen LogP contribution in [-0.2, 0) is 4.79 Å². The van der Waals surface area contributed by atoms with Crippen molar-refractivity contribution in [2.45, 2.75) is 65.2 Å². The van der Waals surface area contributed by atoms with Gasteiger partial charge in [-0.1, -0.05) is 45.3 Å². The molecule has 0 fully saturated rings. The summed E-state index contributed by atoms with van der Waals surface area (Å²) in [5, 5.41) is 0. The molecule has 0 N–H and O–H groups in total. The fourth-order valence-electron chi connectivity index (χ4n) is 1.61. The summed E-state index contributed by atoms with van der Waals surface area (Å²) in [6.45, 7) is 4.43. The van der Waals surface area contributed by atoms with Crippen molar-refractivity contribution in [1.82, 2.24) is 0 Å². The third-order valence-corrected chi connectivity index (χ3v) is 2.68. The number of carbonyl (C=O) groups excluding carboxylic acids is 1. The van der Waals surface area contributed by atoms with Gasteiger partial charge in [0, 0.05) is 6.42 Å². The van der Waals surface area contributed by atoms with Crippen molar-refractivity contribution in [2.24, 2.45) is 5.92 Å². The van der Waals surface area contributed by atoms with Crippen LogP contribution in [0.25, 0.3) is 0 Å². The van der Waals surface area contributed by atoms with Crippen molar-refractivity contribution in [3.05, 3.63) is 12.2 Å². The maximum atomic E-state index is 10.1. The van der Waals surface area contributed by atoms with Crippen LogP contribution in [-0.4, -0.2) is 6.29 Å². The zero-order valence-corrected chi connectivity index (χ0v) is 10.3. The van der Waals surface area contributed by atoms with Crippen LogP contribution in [0.3, 0.4) is 0 Å². The fraction of sp³-hybridized carbons (Fsp3) is 0.786. The summed E-state index contributed by atoms with van der Waals surface area (Å²) in [6.07, 6.45) is 15.7. The van der Waals surface area contributed by atoms with E-state index in [0.29, 0.717) is 12.3 Å². The minimum Gasteiger partial charge on any atom is -0.291 e. The van der Waals surface area contributed by atoms with Crippen LogP contribution in [0.5, 0.6) is 0 Å². The van der Waals surface area contributed by atoms with Crippen LogP contribution in [0.15, 0.2) is 12.2 Å². The molecule has 0 aromatic carbocycles. The van der Waals surface area contributed by atoms with Gasteiger partial charge in [-0.05, 0) is 31.6 Å². The van der Waals surface area contributed by atoms with Gasteiger partial charge in [-0.25, -0.2) is 0 Å². The van der Waals surface area contributed by atoms with Crippen LogP contribution < -0.4 is 0 Å². The lowest BCUT2D eigenvalue weighted by Gasteiger charge is -2.07. The highest BCUT2D eigenvalue weighted by Gasteiger charge is 2.00. The maximum Gasteiger partial charge on any atom is 0.198 e. The van der Waals surface area contributed by atoms with Gasteiger partial charge < -0.3 is 0 Å². The topological polar surface area (TPSA) is 17.1 Å². The van der Waals surface area contributed by atoms with Gasteiger partial charge in [-0.3, -0.25) is 4.79 Å². The summed E-state index contributed by atoms with van der Waals surface area (Å²) < 4.78 is 0. The zero-order valence-electron chi connectivity index (χ0n) is 10.3. The van der Waals surface area contributed by atoms with Gasteiger partial charge in [0.1, 0.15) is 0 Å². The van der Waals surface area contributed by atoms with Crippen LogP contribution in [0.2, 0.25) is 0 Å². The summed E-state index contributed by atoms with van der Waals surface area (Å²) in [7, 11) is 0. The Kier molecular flexibility index (Phi) is 11.0. The van der Waals surface area contributed by atoms with Gasteiger partial charge in [0.15, 0.2) is 6.29 Å². The van der Waals surface area contributed by atoms with Crippen LogP contribution in [0, 0.1) is 5.92 Å². The van der Waals surface area contributed by atoms with E-state index in [-0.39, 0.29) is 0 Å². The summed E-state index contributed by atoms with van der Waals surface area (Å²) in [5.41, 5.74) is 0. The van der Waals surface area contributed by atoms with Crippen LogP contribution in [0.1, 0.15) is 65.2 Å². The normalized spacial score (nSPS) is 13.2. The van der Waals surface area contributed by atoms with E-state index in [2.05, 4.69) is 26.0 Å². The molecule has 0 rings (SSSR count). The Labute approximate surface area is 95.0 Å². The first kappa shape index (κ1) is 14.4. The predicted octanol–water partition coefficient (Wildman–Crippen LogP) is 4.43. The second-order valence-electron chi connectivity index (χ2n) is 4.33. The largest absolute Gasteiger partial charge is 0.291 e. The van der Waals surface area contributed by atoms with E-state index in [1.165, 1.54) is 38.5 Å². The summed E-state index contributed by atoms with van der Waals surface area (Å²) in [4.78, 5) is 10.1. The van der Waals surface area contributed by atoms with Crippen molar-refractivity contribution in [2.75, 3.05) is 0 Å². The molecule has 0 saturated carbocycles. The van der Waals surface area contributed by atoms with E-state index in [4.69, 9.17) is 0 Å². The Morgan fingerprint density at radius 3 is 2.53 bits per heavy atom. The number of unbranched alkanes of at least 4 members (excludes halogenated alkanes) is 3. The second-order valence-corrected chi connectivity index (χ2v) is 4.33. The standard InChI is InChI=1S/C14H25O/c1-3-4-5-6-7-8-9-11-14(2)12-10-13-15/h5-6,14H,3-4,7-12H2,1-2H3. The van der Waals surface area contributed by atoms with Crippen molar-refractivity contribution in [3.63, 3.8) is 0 Å². The van der Waals surface area contributed by atoms with Crippen molar-refractivity contribution in [3.8, 4) is 0 Å². The highest BCUT2D eigenvalue weighted by molar-refractivity contribution is 5.50. The predicted molar refractivity (Wildman–Crippen MR) is 66.6 cm³/mol. The van der Waals surface area contributed by atoms with E-state index < -0.39 is 0 Å². The van der Waals surface area contributed by atoms with Gasteiger partial charge in [0.2, 0.25) is 0 Å². The minimum atomic E-state index is 0.609. The molecular formula is C14H25O. The molecule has 0 aromatic heterocycles. The molecule has 0 aliphatic rings. The van der Waals surface area contributed by atoms with Crippen LogP contribution >= 0.6 is 0 Å². The lowest BCUT2D eigenvalue weighted by atomic mass is 9.98. The molecule has 0 saturated heterocycles. The van der Waals surface area contributed by atoms with Gasteiger partial charge in [0.05, 0.1) is 0 Å². The molecule has 0 aromatic rings. The Hall–Kier alpha value is -0.590. The molecule has 87 valence electrons. The molecule has 0 aliphatic heterocycles. The molecule has 15 heavy (non-hydrogen) atoms. The molecule has 1 radical (unpaired) electrons. The summed E-state index contributed by atoms with van der Waals surface area (Å²) in [6, 6.07) is 0. The van der Waals surface area contributed by atoms with Crippen molar-refractivity contribution >= 4 is 6.29 Å². The molecule has 0 heterocycles. The number of hydrogen-bond donors (Lipinski definition) is 0. The first-order chi connectivity index (χ1) is 7.31. The maximum absolute atomic E-state index is 10.1. The Balaban J connectivity index is 3.19. The van der Waals surface area contributed by atoms with Crippen molar-refractivity contribution < 1.29 is 4.79 Å². The molecule has 0 spiro atoms. The number of rotatable bonds is 10. The van der Waals surface area contributed by atoms with E-state index in [9.17, 15) is 4.79 Å². The summed E-state index contributed by atoms with van der Waals surface area (Å²) >= 11 is 0. The van der Waals surface area contributed by atoms with Crippen LogP contribution in [0.4, 0.5) is 0 Å². The fourth-order valence-corrected chi connectivity index (χ4v) is 1.61. The average molecular weight is 209 g/mol. The van der Waals surface area contributed by atoms with E-state index in [1.54, 1.807) is 0 Å². The molecule has 1 nitrogen and oxygen atoms in total. The number of hydrogen-bond acceptors (Lipinski definition) is 1. The smallest absolute Gasteiger partial charge is 0.198 e. The minimum absolute atomic E-state index is 0.609.